The Hall–Kier alpha value is -2.44. The van der Waals surface area contributed by atoms with E-state index < -0.39 is 16.8 Å². The van der Waals surface area contributed by atoms with Crippen LogP contribution in [0.25, 0.3) is 0 Å². The van der Waals surface area contributed by atoms with Crippen molar-refractivity contribution >= 4 is 17.6 Å². The van der Waals surface area contributed by atoms with Crippen molar-refractivity contribution in [3.05, 3.63) is 39.4 Å². The van der Waals surface area contributed by atoms with Gasteiger partial charge in [0.25, 0.3) is 11.6 Å². The topological polar surface area (TPSA) is 110 Å². The lowest BCUT2D eigenvalue weighted by molar-refractivity contribution is -0.385. The van der Waals surface area contributed by atoms with Gasteiger partial charge in [-0.3, -0.25) is 19.7 Å². The second-order valence-electron chi connectivity index (χ2n) is 3.63. The van der Waals surface area contributed by atoms with Gasteiger partial charge in [-0.05, 0) is 13.0 Å². The first-order valence-electron chi connectivity index (χ1n) is 5.17. The number of nitrogens with zero attached hydrogens (tertiary/aromatic N) is 1. The van der Waals surface area contributed by atoms with Gasteiger partial charge in [-0.25, -0.2) is 0 Å². The Kier molecular flexibility index (Phi) is 4.36. The zero-order valence-electron chi connectivity index (χ0n) is 9.67. The molecule has 1 aromatic carbocycles. The monoisotopic (exact) mass is 252 g/mol. The largest absolute Gasteiger partial charge is 0.481 e. The SMILES string of the molecule is Cc1cccc(C(=O)NCCC(=O)O)c1[N+](=O)[O-]. The van der Waals surface area contributed by atoms with Gasteiger partial charge in [-0.2, -0.15) is 0 Å². The fourth-order valence-electron chi connectivity index (χ4n) is 1.46. The van der Waals surface area contributed by atoms with Crippen LogP contribution < -0.4 is 5.32 Å². The highest BCUT2D eigenvalue weighted by Crippen LogP contribution is 2.22. The van der Waals surface area contributed by atoms with E-state index in [9.17, 15) is 19.7 Å². The Balaban J connectivity index is 2.89. The van der Waals surface area contributed by atoms with E-state index in [-0.39, 0.29) is 24.2 Å². The summed E-state index contributed by atoms with van der Waals surface area (Å²) in [6.45, 7) is 1.46. The van der Waals surface area contributed by atoms with E-state index in [1.807, 2.05) is 0 Å². The van der Waals surface area contributed by atoms with Crippen LogP contribution in [0.3, 0.4) is 0 Å². The van der Waals surface area contributed by atoms with Crippen LogP contribution in [-0.2, 0) is 4.79 Å². The summed E-state index contributed by atoms with van der Waals surface area (Å²) in [6.07, 6.45) is -0.231. The Morgan fingerprint density at radius 3 is 2.67 bits per heavy atom. The van der Waals surface area contributed by atoms with Crippen LogP contribution in [0.4, 0.5) is 5.69 Å². The van der Waals surface area contributed by atoms with Gasteiger partial charge in [0.2, 0.25) is 0 Å². The van der Waals surface area contributed by atoms with Gasteiger partial charge >= 0.3 is 5.97 Å². The molecule has 0 spiro atoms. The van der Waals surface area contributed by atoms with Gasteiger partial charge in [0, 0.05) is 12.1 Å². The van der Waals surface area contributed by atoms with Gasteiger partial charge in [-0.15, -0.1) is 0 Å². The molecule has 0 aliphatic rings. The lowest BCUT2D eigenvalue weighted by atomic mass is 10.1. The van der Waals surface area contributed by atoms with E-state index in [4.69, 9.17) is 5.11 Å². The molecule has 1 aromatic rings. The maximum atomic E-state index is 11.7. The molecule has 2 N–H and O–H groups in total. The molecule has 1 amide bonds. The Morgan fingerprint density at radius 1 is 1.44 bits per heavy atom. The first kappa shape index (κ1) is 13.6. The maximum Gasteiger partial charge on any atom is 0.305 e. The summed E-state index contributed by atoms with van der Waals surface area (Å²) in [7, 11) is 0. The Labute approximate surface area is 103 Å². The number of nitrogens with one attached hydrogen (secondary N) is 1. The number of carboxylic acid groups (broad SMARTS) is 1. The van der Waals surface area contributed by atoms with E-state index in [0.29, 0.717) is 5.56 Å². The van der Waals surface area contributed by atoms with E-state index in [0.717, 1.165) is 0 Å². The summed E-state index contributed by atoms with van der Waals surface area (Å²) in [5, 5.41) is 21.6. The molecular formula is C11H12N2O5. The normalized spacial score (nSPS) is 9.83. The standard InChI is InChI=1S/C11H12N2O5/c1-7-3-2-4-8(10(7)13(17)18)11(16)12-6-5-9(14)15/h2-4H,5-6H2,1H3,(H,12,16)(H,14,15). The molecule has 1 rings (SSSR count). The van der Waals surface area contributed by atoms with Gasteiger partial charge in [0.05, 0.1) is 11.3 Å². The van der Waals surface area contributed by atoms with Crippen molar-refractivity contribution in [2.45, 2.75) is 13.3 Å². The summed E-state index contributed by atoms with van der Waals surface area (Å²) in [5.74, 6) is -1.69. The molecule has 0 atom stereocenters. The first-order chi connectivity index (χ1) is 8.43. The van der Waals surface area contributed by atoms with Crippen LogP contribution in [0, 0.1) is 17.0 Å². The number of carboxylic acids is 1. The summed E-state index contributed by atoms with van der Waals surface area (Å²) >= 11 is 0. The highest BCUT2D eigenvalue weighted by Gasteiger charge is 2.21. The van der Waals surface area contributed by atoms with Crippen molar-refractivity contribution in [3.63, 3.8) is 0 Å². The molecule has 0 heterocycles. The van der Waals surface area contributed by atoms with E-state index in [1.165, 1.54) is 25.1 Å². The number of benzene rings is 1. The van der Waals surface area contributed by atoms with Crippen molar-refractivity contribution < 1.29 is 19.6 Å². The third-order valence-electron chi connectivity index (χ3n) is 2.29. The molecular weight excluding hydrogens is 240 g/mol. The fourth-order valence-corrected chi connectivity index (χ4v) is 1.46. The number of carbonyl (C=O) groups excluding carboxylic acids is 1. The Bertz CT molecular complexity index is 498. The molecule has 96 valence electrons. The molecule has 0 unspecified atom stereocenters. The average Bonchev–Trinajstić information content (AvgIpc) is 2.27. The van der Waals surface area contributed by atoms with Crippen LogP contribution in [0.15, 0.2) is 18.2 Å². The number of aliphatic carboxylic acids is 1. The number of aryl methyl sites for hydroxylation is 1. The number of hydrogen-bond donors (Lipinski definition) is 2. The molecule has 7 heteroatoms. The number of nitro benzene ring substituents is 1. The van der Waals surface area contributed by atoms with Crippen LogP contribution in [0.5, 0.6) is 0 Å². The molecule has 0 aliphatic carbocycles. The number of rotatable bonds is 5. The summed E-state index contributed by atoms with van der Waals surface area (Å²) < 4.78 is 0. The van der Waals surface area contributed by atoms with Gasteiger partial charge in [0.15, 0.2) is 0 Å². The molecule has 7 nitrogen and oxygen atoms in total. The van der Waals surface area contributed by atoms with Crippen molar-refractivity contribution in [2.75, 3.05) is 6.54 Å². The summed E-state index contributed by atoms with van der Waals surface area (Å²) in [5.41, 5.74) is 0.0570. The zero-order chi connectivity index (χ0) is 13.7. The van der Waals surface area contributed by atoms with Crippen LogP contribution in [0.1, 0.15) is 22.3 Å². The molecule has 0 bridgehead atoms. The number of carbonyl (C=O) groups is 2. The van der Waals surface area contributed by atoms with E-state index in [1.54, 1.807) is 0 Å². The van der Waals surface area contributed by atoms with E-state index >= 15 is 0 Å². The number of para-hydroxylation sites is 1. The lowest BCUT2D eigenvalue weighted by Gasteiger charge is -2.05. The molecule has 0 aromatic heterocycles. The second-order valence-corrected chi connectivity index (χ2v) is 3.63. The molecule has 0 fully saturated rings. The highest BCUT2D eigenvalue weighted by atomic mass is 16.6. The van der Waals surface area contributed by atoms with Gasteiger partial charge < -0.3 is 10.4 Å². The van der Waals surface area contributed by atoms with Crippen LogP contribution >= 0.6 is 0 Å². The quantitative estimate of drug-likeness (QED) is 0.602. The summed E-state index contributed by atoms with van der Waals surface area (Å²) in [4.78, 5) is 32.2. The second kappa shape index (κ2) is 5.76. The minimum absolute atomic E-state index is 0.0645. The minimum Gasteiger partial charge on any atom is -0.481 e. The number of nitro groups is 1. The van der Waals surface area contributed by atoms with Gasteiger partial charge in [0.1, 0.15) is 5.56 Å². The molecule has 0 radical (unpaired) electrons. The fraction of sp³-hybridized carbons (Fsp3) is 0.273. The molecule has 18 heavy (non-hydrogen) atoms. The molecule has 0 saturated carbocycles. The average molecular weight is 252 g/mol. The zero-order valence-corrected chi connectivity index (χ0v) is 9.67. The van der Waals surface area contributed by atoms with Crippen LogP contribution in [0.2, 0.25) is 0 Å². The predicted octanol–water partition coefficient (Wildman–Crippen LogP) is 1.11. The third kappa shape index (κ3) is 3.27. The number of hydrogen-bond acceptors (Lipinski definition) is 4. The highest BCUT2D eigenvalue weighted by molar-refractivity contribution is 5.98. The van der Waals surface area contributed by atoms with Crippen molar-refractivity contribution in [3.8, 4) is 0 Å². The minimum atomic E-state index is -1.05. The smallest absolute Gasteiger partial charge is 0.305 e. The first-order valence-corrected chi connectivity index (χ1v) is 5.17. The van der Waals surface area contributed by atoms with Crippen LogP contribution in [-0.4, -0.2) is 28.5 Å². The molecule has 0 saturated heterocycles. The van der Waals surface area contributed by atoms with Gasteiger partial charge in [-0.1, -0.05) is 12.1 Å². The summed E-state index contributed by atoms with van der Waals surface area (Å²) in [6, 6.07) is 4.40. The third-order valence-corrected chi connectivity index (χ3v) is 2.29. The Morgan fingerprint density at radius 2 is 2.11 bits per heavy atom. The lowest BCUT2D eigenvalue weighted by Crippen LogP contribution is -2.26. The maximum absolute atomic E-state index is 11.7. The van der Waals surface area contributed by atoms with Crippen molar-refractivity contribution in [1.82, 2.24) is 5.32 Å². The van der Waals surface area contributed by atoms with Crippen molar-refractivity contribution in [1.29, 1.82) is 0 Å². The molecule has 0 aliphatic heterocycles. The predicted molar refractivity (Wildman–Crippen MR) is 62.4 cm³/mol. The van der Waals surface area contributed by atoms with Crippen molar-refractivity contribution in [2.24, 2.45) is 0 Å². The number of amides is 1. The van der Waals surface area contributed by atoms with E-state index in [2.05, 4.69) is 5.32 Å².